The standard InChI is InChI=1S/C29H28N2O6/c1-36-28(34)24-16-19(31-14-12-18(13-15-31)27(32)33)10-11-26(24)30-29(35)37-17-25-22-8-4-2-6-20(22)21-7-3-5-9-23(21)25/h2-11,16,18,25H,12-15,17H2,1H3,(H,30,35)(H,32,33). The number of ether oxygens (including phenoxy) is 2. The number of carboxylic acids is 1. The molecule has 0 aromatic heterocycles. The van der Waals surface area contributed by atoms with Crippen molar-refractivity contribution < 1.29 is 29.0 Å². The van der Waals surface area contributed by atoms with Gasteiger partial charge in [0, 0.05) is 24.7 Å². The summed E-state index contributed by atoms with van der Waals surface area (Å²) in [5, 5.41) is 11.9. The summed E-state index contributed by atoms with van der Waals surface area (Å²) in [7, 11) is 1.28. The zero-order valence-electron chi connectivity index (χ0n) is 20.5. The number of hydrogen-bond donors (Lipinski definition) is 2. The average Bonchev–Trinajstić information content (AvgIpc) is 3.25. The number of benzene rings is 3. The number of rotatable bonds is 6. The Morgan fingerprint density at radius 1 is 0.946 bits per heavy atom. The number of nitrogens with zero attached hydrogens (tertiary/aromatic N) is 1. The fourth-order valence-electron chi connectivity index (χ4n) is 5.25. The number of piperidine rings is 1. The molecule has 1 aliphatic heterocycles. The predicted octanol–water partition coefficient (Wildman–Crippen LogP) is 5.14. The van der Waals surface area contributed by atoms with Crippen LogP contribution in [0.25, 0.3) is 11.1 Å². The van der Waals surface area contributed by atoms with Crippen molar-refractivity contribution in [1.29, 1.82) is 0 Å². The highest BCUT2D eigenvalue weighted by molar-refractivity contribution is 6.00. The van der Waals surface area contributed by atoms with Gasteiger partial charge in [0.1, 0.15) is 6.61 Å². The Hall–Kier alpha value is -4.33. The maximum Gasteiger partial charge on any atom is 0.411 e. The molecule has 1 saturated heterocycles. The number of anilines is 2. The summed E-state index contributed by atoms with van der Waals surface area (Å²) < 4.78 is 10.6. The number of aliphatic carboxylic acids is 1. The van der Waals surface area contributed by atoms with Gasteiger partial charge in [-0.05, 0) is 53.3 Å². The van der Waals surface area contributed by atoms with Crippen molar-refractivity contribution >= 4 is 29.4 Å². The largest absolute Gasteiger partial charge is 0.481 e. The van der Waals surface area contributed by atoms with Gasteiger partial charge in [-0.1, -0.05) is 48.5 Å². The maximum absolute atomic E-state index is 12.8. The van der Waals surface area contributed by atoms with Crippen LogP contribution in [0.4, 0.5) is 16.2 Å². The molecule has 2 aliphatic rings. The van der Waals surface area contributed by atoms with Crippen molar-refractivity contribution in [3.8, 4) is 11.1 Å². The molecule has 1 amide bonds. The third kappa shape index (κ3) is 4.87. The van der Waals surface area contributed by atoms with Gasteiger partial charge >= 0.3 is 18.0 Å². The van der Waals surface area contributed by atoms with Crippen molar-refractivity contribution in [2.45, 2.75) is 18.8 Å². The molecule has 0 spiro atoms. The number of carbonyl (C=O) groups excluding carboxylic acids is 2. The first-order valence-corrected chi connectivity index (χ1v) is 12.3. The van der Waals surface area contributed by atoms with Crippen LogP contribution in [0.2, 0.25) is 0 Å². The summed E-state index contributed by atoms with van der Waals surface area (Å²) in [5.74, 6) is -1.80. The van der Waals surface area contributed by atoms with E-state index in [1.807, 2.05) is 29.2 Å². The van der Waals surface area contributed by atoms with Crippen LogP contribution in [0.5, 0.6) is 0 Å². The fourth-order valence-corrected chi connectivity index (χ4v) is 5.25. The molecule has 1 heterocycles. The Morgan fingerprint density at radius 2 is 1.57 bits per heavy atom. The molecule has 37 heavy (non-hydrogen) atoms. The van der Waals surface area contributed by atoms with E-state index in [1.54, 1.807) is 18.2 Å². The summed E-state index contributed by atoms with van der Waals surface area (Å²) in [6.45, 7) is 1.29. The third-order valence-corrected chi connectivity index (χ3v) is 7.20. The molecule has 1 aliphatic carbocycles. The van der Waals surface area contributed by atoms with Gasteiger partial charge in [0.25, 0.3) is 0 Å². The highest BCUT2D eigenvalue weighted by Crippen LogP contribution is 2.44. The quantitative estimate of drug-likeness (QED) is 0.452. The van der Waals surface area contributed by atoms with Crippen molar-refractivity contribution in [3.63, 3.8) is 0 Å². The first-order chi connectivity index (χ1) is 18.0. The van der Waals surface area contributed by atoms with E-state index in [0.717, 1.165) is 27.9 Å². The number of hydrogen-bond acceptors (Lipinski definition) is 6. The van der Waals surface area contributed by atoms with Gasteiger partial charge in [-0.25, -0.2) is 9.59 Å². The lowest BCUT2D eigenvalue weighted by atomic mass is 9.96. The lowest BCUT2D eigenvalue weighted by Gasteiger charge is -2.32. The minimum Gasteiger partial charge on any atom is -0.481 e. The molecule has 3 aromatic rings. The Bertz CT molecular complexity index is 1300. The average molecular weight is 501 g/mol. The van der Waals surface area contributed by atoms with Crippen molar-refractivity contribution in [2.75, 3.05) is 37.0 Å². The normalized spacial score (nSPS) is 15.0. The smallest absolute Gasteiger partial charge is 0.411 e. The molecule has 0 unspecified atom stereocenters. The molecular weight excluding hydrogens is 472 g/mol. The molecule has 190 valence electrons. The molecule has 0 atom stereocenters. The van der Waals surface area contributed by atoms with Gasteiger partial charge < -0.3 is 19.5 Å². The second kappa shape index (κ2) is 10.3. The van der Waals surface area contributed by atoms with Crippen LogP contribution in [0, 0.1) is 5.92 Å². The topological polar surface area (TPSA) is 105 Å². The molecule has 8 nitrogen and oxygen atoms in total. The first-order valence-electron chi connectivity index (χ1n) is 12.3. The first kappa shape index (κ1) is 24.4. The lowest BCUT2D eigenvalue weighted by molar-refractivity contribution is -0.142. The second-order valence-corrected chi connectivity index (χ2v) is 9.27. The predicted molar refractivity (Wildman–Crippen MR) is 139 cm³/mol. The molecule has 1 fully saturated rings. The van der Waals surface area contributed by atoms with Crippen LogP contribution in [0.1, 0.15) is 40.2 Å². The number of carboxylic acid groups (broad SMARTS) is 1. The van der Waals surface area contributed by atoms with Crippen LogP contribution >= 0.6 is 0 Å². The summed E-state index contributed by atoms with van der Waals surface area (Å²) in [4.78, 5) is 38.6. The fraction of sp³-hybridized carbons (Fsp3) is 0.276. The number of esters is 1. The minimum absolute atomic E-state index is 0.0747. The Morgan fingerprint density at radius 3 is 2.16 bits per heavy atom. The van der Waals surface area contributed by atoms with E-state index in [4.69, 9.17) is 9.47 Å². The number of nitrogens with one attached hydrogen (secondary N) is 1. The van der Waals surface area contributed by atoms with E-state index < -0.39 is 18.0 Å². The number of methoxy groups -OCH3 is 1. The van der Waals surface area contributed by atoms with E-state index in [1.165, 1.54) is 7.11 Å². The lowest BCUT2D eigenvalue weighted by Crippen LogP contribution is -2.36. The monoisotopic (exact) mass is 500 g/mol. The molecule has 0 bridgehead atoms. The van der Waals surface area contributed by atoms with Gasteiger partial charge in [0.05, 0.1) is 24.3 Å². The third-order valence-electron chi connectivity index (χ3n) is 7.20. The van der Waals surface area contributed by atoms with Crippen LogP contribution in [-0.4, -0.2) is 49.9 Å². The molecule has 0 saturated carbocycles. The molecule has 5 rings (SSSR count). The number of fused-ring (bicyclic) bond motifs is 3. The Kier molecular flexibility index (Phi) is 6.81. The van der Waals surface area contributed by atoms with Crippen LogP contribution in [0.3, 0.4) is 0 Å². The zero-order chi connectivity index (χ0) is 25.9. The van der Waals surface area contributed by atoms with Gasteiger partial charge in [-0.2, -0.15) is 0 Å². The summed E-state index contributed by atoms with van der Waals surface area (Å²) in [6, 6.07) is 21.3. The molecule has 0 radical (unpaired) electrons. The highest BCUT2D eigenvalue weighted by Gasteiger charge is 2.29. The van der Waals surface area contributed by atoms with E-state index in [0.29, 0.717) is 25.9 Å². The zero-order valence-corrected chi connectivity index (χ0v) is 20.5. The summed E-state index contributed by atoms with van der Waals surface area (Å²) >= 11 is 0. The molecule has 2 N–H and O–H groups in total. The summed E-state index contributed by atoms with van der Waals surface area (Å²) in [6.07, 6.45) is 0.396. The van der Waals surface area contributed by atoms with Crippen LogP contribution in [0.15, 0.2) is 66.7 Å². The van der Waals surface area contributed by atoms with E-state index in [2.05, 4.69) is 29.6 Å². The van der Waals surface area contributed by atoms with Crippen LogP contribution in [-0.2, 0) is 14.3 Å². The van der Waals surface area contributed by atoms with Gasteiger partial charge in [0.2, 0.25) is 0 Å². The molecule has 8 heteroatoms. The number of carbonyl (C=O) groups is 3. The minimum atomic E-state index is -0.780. The van der Waals surface area contributed by atoms with Crippen molar-refractivity contribution in [2.24, 2.45) is 5.92 Å². The highest BCUT2D eigenvalue weighted by atomic mass is 16.5. The molecular formula is C29H28N2O6. The van der Waals surface area contributed by atoms with Gasteiger partial charge in [-0.3, -0.25) is 10.1 Å². The Balaban J connectivity index is 1.29. The van der Waals surface area contributed by atoms with Crippen molar-refractivity contribution in [1.82, 2.24) is 0 Å². The van der Waals surface area contributed by atoms with Gasteiger partial charge in [-0.15, -0.1) is 0 Å². The van der Waals surface area contributed by atoms with Crippen molar-refractivity contribution in [3.05, 3.63) is 83.4 Å². The second-order valence-electron chi connectivity index (χ2n) is 9.27. The molecule has 3 aromatic carbocycles. The Labute approximate surface area is 214 Å². The van der Waals surface area contributed by atoms with E-state index in [-0.39, 0.29) is 29.7 Å². The van der Waals surface area contributed by atoms with E-state index >= 15 is 0 Å². The SMILES string of the molecule is COC(=O)c1cc(N2CCC(C(=O)O)CC2)ccc1NC(=O)OCC1c2ccccc2-c2ccccc21. The van der Waals surface area contributed by atoms with Gasteiger partial charge in [0.15, 0.2) is 0 Å². The maximum atomic E-state index is 12.8. The van der Waals surface area contributed by atoms with E-state index in [9.17, 15) is 19.5 Å². The number of amides is 1. The van der Waals surface area contributed by atoms with Crippen LogP contribution < -0.4 is 10.2 Å². The summed E-state index contributed by atoms with van der Waals surface area (Å²) in [5.41, 5.74) is 5.76.